The highest BCUT2D eigenvalue weighted by Crippen LogP contribution is 2.31. The summed E-state index contributed by atoms with van der Waals surface area (Å²) in [5, 5.41) is 21.9. The highest BCUT2D eigenvalue weighted by molar-refractivity contribution is 7.13. The van der Waals surface area contributed by atoms with Crippen LogP contribution in [0.3, 0.4) is 0 Å². The molecule has 1 aromatic rings. The number of carbonyl (C=O) groups excluding carboxylic acids is 1. The van der Waals surface area contributed by atoms with Gasteiger partial charge in [0.2, 0.25) is 0 Å². The third-order valence-corrected chi connectivity index (χ3v) is 3.28. The average Bonchev–Trinajstić information content (AvgIpc) is 2.77. The molecule has 0 saturated carbocycles. The molecule has 17 heavy (non-hydrogen) atoms. The number of aliphatic hydroxyl groups is 1. The Labute approximate surface area is 102 Å². The number of nitro groups is 1. The van der Waals surface area contributed by atoms with E-state index < -0.39 is 17.0 Å². The van der Waals surface area contributed by atoms with Crippen LogP contribution in [0, 0.1) is 16.0 Å². The van der Waals surface area contributed by atoms with E-state index in [1.807, 2.05) is 0 Å². The summed E-state index contributed by atoms with van der Waals surface area (Å²) < 4.78 is 4.49. The Hall–Kier alpha value is -1.47. The fraction of sp³-hybridized carbons (Fsp3) is 0.500. The van der Waals surface area contributed by atoms with Crippen molar-refractivity contribution in [3.8, 4) is 0 Å². The van der Waals surface area contributed by atoms with E-state index in [-0.39, 0.29) is 17.3 Å². The van der Waals surface area contributed by atoms with Gasteiger partial charge in [0.05, 0.1) is 24.6 Å². The lowest BCUT2D eigenvalue weighted by Crippen LogP contribution is -2.14. The van der Waals surface area contributed by atoms with Gasteiger partial charge in [0.15, 0.2) is 0 Å². The van der Waals surface area contributed by atoms with E-state index in [0.717, 1.165) is 11.3 Å². The zero-order valence-electron chi connectivity index (χ0n) is 9.45. The number of rotatable bonds is 5. The molecule has 0 aliphatic heterocycles. The zero-order valence-corrected chi connectivity index (χ0v) is 10.3. The number of carbonyl (C=O) groups is 1. The van der Waals surface area contributed by atoms with Crippen LogP contribution < -0.4 is 0 Å². The Morgan fingerprint density at radius 2 is 2.35 bits per heavy atom. The fourth-order valence-electron chi connectivity index (χ4n) is 1.38. The largest absolute Gasteiger partial charge is 0.469 e. The number of nitrogens with zero attached hydrogens (tertiary/aromatic N) is 1. The average molecular weight is 259 g/mol. The second-order valence-corrected chi connectivity index (χ2v) is 4.57. The molecule has 0 fully saturated rings. The molecule has 6 nitrogen and oxygen atoms in total. The quantitative estimate of drug-likeness (QED) is 0.495. The molecular weight excluding hydrogens is 246 g/mol. The number of thiophene rings is 1. The van der Waals surface area contributed by atoms with Gasteiger partial charge in [-0.15, -0.1) is 0 Å². The molecule has 1 heterocycles. The molecule has 1 N–H and O–H groups in total. The van der Waals surface area contributed by atoms with E-state index in [4.69, 9.17) is 0 Å². The van der Waals surface area contributed by atoms with Crippen molar-refractivity contribution in [2.45, 2.75) is 19.4 Å². The maximum atomic E-state index is 11.0. The monoisotopic (exact) mass is 259 g/mol. The van der Waals surface area contributed by atoms with E-state index in [9.17, 15) is 20.0 Å². The molecule has 0 radical (unpaired) electrons. The molecule has 0 spiro atoms. The third-order valence-electron chi connectivity index (χ3n) is 2.38. The number of hydrogen-bond donors (Lipinski definition) is 1. The van der Waals surface area contributed by atoms with Crippen LogP contribution in [0.15, 0.2) is 11.4 Å². The van der Waals surface area contributed by atoms with Gasteiger partial charge in [-0.2, -0.15) is 0 Å². The summed E-state index contributed by atoms with van der Waals surface area (Å²) in [6.45, 7) is 1.69. The molecule has 1 rings (SSSR count). The number of hydrogen-bond acceptors (Lipinski definition) is 6. The summed E-state index contributed by atoms with van der Waals surface area (Å²) in [6.07, 6.45) is -0.833. The third kappa shape index (κ3) is 3.50. The lowest BCUT2D eigenvalue weighted by molar-refractivity contribution is -0.380. The summed E-state index contributed by atoms with van der Waals surface area (Å²) in [5.41, 5.74) is 0.457. The Balaban J connectivity index is 2.70. The van der Waals surface area contributed by atoms with E-state index in [2.05, 4.69) is 4.74 Å². The van der Waals surface area contributed by atoms with Gasteiger partial charge in [0.1, 0.15) is 0 Å². The predicted octanol–water partition coefficient (Wildman–Crippen LogP) is 1.89. The first-order chi connectivity index (χ1) is 7.95. The minimum absolute atomic E-state index is 0.0238. The van der Waals surface area contributed by atoms with Gasteiger partial charge in [-0.3, -0.25) is 14.9 Å². The molecule has 94 valence electrons. The maximum absolute atomic E-state index is 11.0. The van der Waals surface area contributed by atoms with Crippen LogP contribution >= 0.6 is 11.3 Å². The Kier molecular flexibility index (Phi) is 4.59. The minimum Gasteiger partial charge on any atom is -0.469 e. The second-order valence-electron chi connectivity index (χ2n) is 3.68. The molecule has 0 aromatic carbocycles. The van der Waals surface area contributed by atoms with Crippen molar-refractivity contribution < 1.29 is 19.6 Å². The van der Waals surface area contributed by atoms with Crippen molar-refractivity contribution in [2.24, 2.45) is 5.92 Å². The minimum atomic E-state index is -0.904. The first kappa shape index (κ1) is 13.6. The van der Waals surface area contributed by atoms with Crippen LogP contribution in [-0.4, -0.2) is 23.1 Å². The van der Waals surface area contributed by atoms with E-state index in [1.165, 1.54) is 18.6 Å². The lowest BCUT2D eigenvalue weighted by Gasteiger charge is -2.16. The van der Waals surface area contributed by atoms with Crippen molar-refractivity contribution in [1.29, 1.82) is 0 Å². The first-order valence-electron chi connectivity index (χ1n) is 4.93. The lowest BCUT2D eigenvalue weighted by atomic mass is 9.96. The molecule has 0 aliphatic carbocycles. The first-order valence-corrected chi connectivity index (χ1v) is 5.81. The number of aliphatic hydroxyl groups excluding tert-OH is 1. The van der Waals surface area contributed by atoms with Crippen LogP contribution in [0.1, 0.15) is 25.0 Å². The van der Waals surface area contributed by atoms with Crippen molar-refractivity contribution in [3.63, 3.8) is 0 Å². The highest BCUT2D eigenvalue weighted by Gasteiger charge is 2.23. The zero-order chi connectivity index (χ0) is 13.0. The van der Waals surface area contributed by atoms with Crippen LogP contribution in [0.25, 0.3) is 0 Å². The fourth-order valence-corrected chi connectivity index (χ4v) is 2.13. The predicted molar refractivity (Wildman–Crippen MR) is 61.7 cm³/mol. The van der Waals surface area contributed by atoms with Crippen molar-refractivity contribution in [1.82, 2.24) is 0 Å². The second kappa shape index (κ2) is 5.74. The topological polar surface area (TPSA) is 89.7 Å². The highest BCUT2D eigenvalue weighted by atomic mass is 32.1. The summed E-state index contributed by atoms with van der Waals surface area (Å²) in [5.74, 6) is -0.766. The summed E-state index contributed by atoms with van der Waals surface area (Å²) in [7, 11) is 1.27. The molecular formula is C10H13NO5S. The molecule has 0 amide bonds. The van der Waals surface area contributed by atoms with Gasteiger partial charge in [-0.1, -0.05) is 18.3 Å². The number of methoxy groups -OCH3 is 1. The SMILES string of the molecule is COC(=O)CC(C)C(O)c1csc([N+](=O)[O-])c1. The molecule has 0 saturated heterocycles. The van der Waals surface area contributed by atoms with Crippen LogP contribution in [0.2, 0.25) is 0 Å². The van der Waals surface area contributed by atoms with E-state index >= 15 is 0 Å². The van der Waals surface area contributed by atoms with Crippen molar-refractivity contribution in [2.75, 3.05) is 7.11 Å². The van der Waals surface area contributed by atoms with Gasteiger partial charge in [-0.25, -0.2) is 0 Å². The molecule has 7 heteroatoms. The standard InChI is InChI=1S/C10H13NO5S/c1-6(3-9(12)16-2)10(13)7-4-8(11(14)15)17-5-7/h4-6,10,13H,3H2,1-2H3. The van der Waals surface area contributed by atoms with Gasteiger partial charge < -0.3 is 9.84 Å². The van der Waals surface area contributed by atoms with Gasteiger partial charge in [-0.05, 0) is 11.5 Å². The Morgan fingerprint density at radius 3 is 2.82 bits per heavy atom. The molecule has 2 unspecified atom stereocenters. The maximum Gasteiger partial charge on any atom is 0.324 e. The van der Waals surface area contributed by atoms with E-state index in [1.54, 1.807) is 6.92 Å². The van der Waals surface area contributed by atoms with Crippen LogP contribution in [-0.2, 0) is 9.53 Å². The van der Waals surface area contributed by atoms with Crippen molar-refractivity contribution in [3.05, 3.63) is 27.1 Å². The number of esters is 1. The molecule has 2 atom stereocenters. The van der Waals surface area contributed by atoms with Gasteiger partial charge in [0.25, 0.3) is 0 Å². The Morgan fingerprint density at radius 1 is 1.71 bits per heavy atom. The normalized spacial score (nSPS) is 14.1. The summed E-state index contributed by atoms with van der Waals surface area (Å²) in [6, 6.07) is 1.32. The van der Waals surface area contributed by atoms with Crippen molar-refractivity contribution >= 4 is 22.3 Å². The van der Waals surface area contributed by atoms with E-state index in [0.29, 0.717) is 5.56 Å². The summed E-state index contributed by atoms with van der Waals surface area (Å²) >= 11 is 0.953. The van der Waals surface area contributed by atoms with Crippen LogP contribution in [0.5, 0.6) is 0 Å². The smallest absolute Gasteiger partial charge is 0.324 e. The molecule has 1 aromatic heterocycles. The molecule has 0 aliphatic rings. The van der Waals surface area contributed by atoms with Gasteiger partial charge in [0, 0.05) is 11.4 Å². The van der Waals surface area contributed by atoms with Crippen LogP contribution in [0.4, 0.5) is 5.00 Å². The van der Waals surface area contributed by atoms with Gasteiger partial charge >= 0.3 is 11.0 Å². The molecule has 0 bridgehead atoms. The Bertz CT molecular complexity index is 417. The summed E-state index contributed by atoms with van der Waals surface area (Å²) in [4.78, 5) is 21.0. The number of ether oxygens (including phenoxy) is 1.